The van der Waals surface area contributed by atoms with Gasteiger partial charge in [0.05, 0.1) is 0 Å². The van der Waals surface area contributed by atoms with Crippen molar-refractivity contribution < 1.29 is 18.0 Å². The molecule has 0 spiro atoms. The van der Waals surface area contributed by atoms with Gasteiger partial charge < -0.3 is 5.32 Å². The lowest BCUT2D eigenvalue weighted by Gasteiger charge is -2.15. The van der Waals surface area contributed by atoms with Crippen LogP contribution in [0.15, 0.2) is 6.07 Å². The Bertz CT molecular complexity index is 535. The molecule has 1 N–H and O–H groups in total. The summed E-state index contributed by atoms with van der Waals surface area (Å²) in [5.74, 6) is -0.182. The summed E-state index contributed by atoms with van der Waals surface area (Å²) >= 11 is 0. The quantitative estimate of drug-likeness (QED) is 0.731. The molecule has 0 radical (unpaired) electrons. The normalized spacial score (nSPS) is 16.4. The number of alkyl halides is 3. The molecule has 1 aliphatic rings. The molecule has 1 heterocycles. The highest BCUT2D eigenvalue weighted by molar-refractivity contribution is 5.79. The average molecular weight is 331 g/mol. The number of rotatable bonds is 8. The van der Waals surface area contributed by atoms with Crippen LogP contribution in [0.5, 0.6) is 0 Å². The van der Waals surface area contributed by atoms with Gasteiger partial charge in [0.2, 0.25) is 5.91 Å². The van der Waals surface area contributed by atoms with Gasteiger partial charge in [-0.3, -0.25) is 9.48 Å². The minimum Gasteiger partial charge on any atom is -0.354 e. The fraction of sp³-hybridized carbons (Fsp3) is 0.750. The number of halogens is 3. The molecular weight excluding hydrogens is 307 g/mol. The average Bonchev–Trinajstić information content (AvgIpc) is 3.23. The molecule has 1 fully saturated rings. The molecule has 2 rings (SSSR count). The molecule has 1 aromatic rings. The Morgan fingerprint density at radius 1 is 1.39 bits per heavy atom. The van der Waals surface area contributed by atoms with Crippen molar-refractivity contribution in [1.29, 1.82) is 0 Å². The van der Waals surface area contributed by atoms with Gasteiger partial charge in [0.15, 0.2) is 5.69 Å². The molecular formula is C16H24F3N3O. The summed E-state index contributed by atoms with van der Waals surface area (Å²) in [4.78, 5) is 12.2. The van der Waals surface area contributed by atoms with Gasteiger partial charge in [-0.1, -0.05) is 26.2 Å². The third-order valence-corrected chi connectivity index (χ3v) is 4.13. The highest BCUT2D eigenvalue weighted by Gasteiger charge is 2.39. The Labute approximate surface area is 134 Å². The minimum absolute atomic E-state index is 0.0957. The van der Waals surface area contributed by atoms with Gasteiger partial charge in [-0.05, 0) is 32.3 Å². The molecule has 0 aromatic carbocycles. The first kappa shape index (κ1) is 17.8. The monoisotopic (exact) mass is 331 g/mol. The third kappa shape index (κ3) is 4.72. The number of unbranched alkanes of at least 4 members (excludes halogenated alkanes) is 3. The van der Waals surface area contributed by atoms with E-state index in [1.54, 1.807) is 6.92 Å². The molecule has 0 aliphatic heterocycles. The van der Waals surface area contributed by atoms with E-state index in [9.17, 15) is 18.0 Å². The zero-order valence-electron chi connectivity index (χ0n) is 13.6. The molecule has 1 aromatic heterocycles. The van der Waals surface area contributed by atoms with Crippen molar-refractivity contribution in [2.45, 2.75) is 70.5 Å². The molecule has 130 valence electrons. The standard InChI is InChI=1S/C16H24F3N3O/c1-3-4-5-6-9-20-15(23)11(2)22-13(12-7-8-12)10-14(21-22)16(17,18)19/h10-12H,3-9H2,1-2H3,(H,20,23). The first-order valence-corrected chi connectivity index (χ1v) is 8.29. The van der Waals surface area contributed by atoms with E-state index in [2.05, 4.69) is 17.3 Å². The topological polar surface area (TPSA) is 46.9 Å². The molecule has 1 saturated carbocycles. The van der Waals surface area contributed by atoms with Crippen LogP contribution in [0, 0.1) is 0 Å². The van der Waals surface area contributed by atoms with Crippen LogP contribution in [0.1, 0.15) is 75.7 Å². The van der Waals surface area contributed by atoms with E-state index < -0.39 is 17.9 Å². The maximum atomic E-state index is 12.9. The highest BCUT2D eigenvalue weighted by Crippen LogP contribution is 2.42. The van der Waals surface area contributed by atoms with E-state index in [0.717, 1.165) is 44.6 Å². The summed E-state index contributed by atoms with van der Waals surface area (Å²) in [5, 5.41) is 6.45. The number of hydrogen-bond acceptors (Lipinski definition) is 2. The molecule has 1 atom stereocenters. The fourth-order valence-electron chi connectivity index (χ4n) is 2.56. The van der Waals surface area contributed by atoms with Crippen LogP contribution in [0.25, 0.3) is 0 Å². The Kier molecular flexibility index (Phi) is 5.70. The predicted molar refractivity (Wildman–Crippen MR) is 81.1 cm³/mol. The number of carbonyl (C=O) groups excluding carboxylic acids is 1. The first-order chi connectivity index (χ1) is 10.8. The van der Waals surface area contributed by atoms with Crippen LogP contribution >= 0.6 is 0 Å². The van der Waals surface area contributed by atoms with E-state index in [4.69, 9.17) is 0 Å². The molecule has 0 saturated heterocycles. The van der Waals surface area contributed by atoms with Gasteiger partial charge in [0.1, 0.15) is 6.04 Å². The molecule has 1 aliphatic carbocycles. The van der Waals surface area contributed by atoms with Crippen molar-refractivity contribution in [2.24, 2.45) is 0 Å². The van der Waals surface area contributed by atoms with Crippen molar-refractivity contribution in [3.05, 3.63) is 17.5 Å². The van der Waals surface area contributed by atoms with Crippen molar-refractivity contribution in [2.75, 3.05) is 6.54 Å². The third-order valence-electron chi connectivity index (χ3n) is 4.13. The Morgan fingerprint density at radius 3 is 2.65 bits per heavy atom. The van der Waals surface area contributed by atoms with E-state index in [1.165, 1.54) is 4.68 Å². The van der Waals surface area contributed by atoms with E-state index in [-0.39, 0.29) is 11.8 Å². The second-order valence-corrected chi connectivity index (χ2v) is 6.20. The van der Waals surface area contributed by atoms with Crippen molar-refractivity contribution in [1.82, 2.24) is 15.1 Å². The Hall–Kier alpha value is -1.53. The number of carbonyl (C=O) groups is 1. The maximum absolute atomic E-state index is 12.9. The van der Waals surface area contributed by atoms with E-state index in [0.29, 0.717) is 12.2 Å². The molecule has 4 nitrogen and oxygen atoms in total. The number of nitrogens with one attached hydrogen (secondary N) is 1. The van der Waals surface area contributed by atoms with Gasteiger partial charge in [0.25, 0.3) is 0 Å². The summed E-state index contributed by atoms with van der Waals surface area (Å²) in [6.07, 6.45) is 1.38. The highest BCUT2D eigenvalue weighted by atomic mass is 19.4. The first-order valence-electron chi connectivity index (χ1n) is 8.29. The van der Waals surface area contributed by atoms with Crippen LogP contribution in [-0.4, -0.2) is 22.2 Å². The molecule has 7 heteroatoms. The number of nitrogens with zero attached hydrogens (tertiary/aromatic N) is 2. The van der Waals surface area contributed by atoms with E-state index in [1.807, 2.05) is 0 Å². The predicted octanol–water partition coefficient (Wildman–Crippen LogP) is 4.04. The molecule has 1 unspecified atom stereocenters. The molecule has 0 bridgehead atoms. The van der Waals surface area contributed by atoms with Crippen LogP contribution in [0.4, 0.5) is 13.2 Å². The largest absolute Gasteiger partial charge is 0.435 e. The zero-order chi connectivity index (χ0) is 17.0. The van der Waals surface area contributed by atoms with E-state index >= 15 is 0 Å². The van der Waals surface area contributed by atoms with Crippen LogP contribution in [-0.2, 0) is 11.0 Å². The number of amides is 1. The Morgan fingerprint density at radius 2 is 2.09 bits per heavy atom. The van der Waals surface area contributed by atoms with Gasteiger partial charge in [0, 0.05) is 18.2 Å². The van der Waals surface area contributed by atoms with Crippen molar-refractivity contribution >= 4 is 5.91 Å². The van der Waals surface area contributed by atoms with Crippen LogP contribution < -0.4 is 5.32 Å². The maximum Gasteiger partial charge on any atom is 0.435 e. The lowest BCUT2D eigenvalue weighted by Crippen LogP contribution is -2.33. The number of hydrogen-bond donors (Lipinski definition) is 1. The summed E-state index contributed by atoms with van der Waals surface area (Å²) in [7, 11) is 0. The van der Waals surface area contributed by atoms with Gasteiger partial charge in [-0.25, -0.2) is 0 Å². The second kappa shape index (κ2) is 7.36. The lowest BCUT2D eigenvalue weighted by molar-refractivity contribution is -0.142. The summed E-state index contributed by atoms with van der Waals surface area (Å²) in [5.41, 5.74) is -0.395. The smallest absolute Gasteiger partial charge is 0.354 e. The van der Waals surface area contributed by atoms with Crippen LogP contribution in [0.2, 0.25) is 0 Å². The van der Waals surface area contributed by atoms with Crippen LogP contribution in [0.3, 0.4) is 0 Å². The Balaban J connectivity index is 2.01. The van der Waals surface area contributed by atoms with Crippen molar-refractivity contribution in [3.8, 4) is 0 Å². The lowest BCUT2D eigenvalue weighted by atomic mass is 10.2. The fourth-order valence-corrected chi connectivity index (χ4v) is 2.56. The van der Waals surface area contributed by atoms with Gasteiger partial charge >= 0.3 is 6.18 Å². The van der Waals surface area contributed by atoms with Crippen molar-refractivity contribution in [3.63, 3.8) is 0 Å². The summed E-state index contributed by atoms with van der Waals surface area (Å²) < 4.78 is 39.9. The summed E-state index contributed by atoms with van der Waals surface area (Å²) in [6, 6.07) is 0.357. The molecule has 1 amide bonds. The number of aromatic nitrogens is 2. The van der Waals surface area contributed by atoms with Gasteiger partial charge in [-0.15, -0.1) is 0 Å². The molecule has 23 heavy (non-hydrogen) atoms. The second-order valence-electron chi connectivity index (χ2n) is 6.20. The summed E-state index contributed by atoms with van der Waals surface area (Å²) in [6.45, 7) is 4.26. The minimum atomic E-state index is -4.48. The SMILES string of the molecule is CCCCCCNC(=O)C(C)n1nc(C(F)(F)F)cc1C1CC1. The van der Waals surface area contributed by atoms with Gasteiger partial charge in [-0.2, -0.15) is 18.3 Å². The zero-order valence-corrected chi connectivity index (χ0v) is 13.6.